The second kappa shape index (κ2) is 8.51. The number of aliphatic imine (C=N–C) groups is 1. The predicted octanol–water partition coefficient (Wildman–Crippen LogP) is 4.15. The molecule has 5 nitrogen and oxygen atoms in total. The van der Waals surface area contributed by atoms with E-state index in [9.17, 15) is 4.79 Å². The van der Waals surface area contributed by atoms with Gasteiger partial charge < -0.3 is 10.1 Å². The molecule has 0 saturated carbocycles. The number of ether oxygens (including phenoxy) is 1. The molecular formula is C20H25N3O2. The molecule has 2 aromatic rings. The number of fused-ring (bicyclic) bond motifs is 1. The first-order chi connectivity index (χ1) is 12.3. The van der Waals surface area contributed by atoms with E-state index in [1.807, 2.05) is 18.2 Å². The van der Waals surface area contributed by atoms with Crippen molar-refractivity contribution in [1.29, 1.82) is 0 Å². The van der Waals surface area contributed by atoms with Crippen LogP contribution < -0.4 is 10.6 Å². The third-order valence-electron chi connectivity index (χ3n) is 4.38. The highest BCUT2D eigenvalue weighted by Gasteiger charge is 2.21. The molecule has 0 bridgehead atoms. The zero-order valence-electron chi connectivity index (χ0n) is 14.6. The molecule has 1 aliphatic rings. The monoisotopic (exact) mass is 339 g/mol. The van der Waals surface area contributed by atoms with Crippen LogP contribution in [0.4, 0.5) is 4.79 Å². The Labute approximate surface area is 148 Å². The van der Waals surface area contributed by atoms with Crippen LogP contribution in [-0.2, 0) is 4.74 Å². The maximum Gasteiger partial charge on any atom is 0.413 e. The van der Waals surface area contributed by atoms with Gasteiger partial charge in [0.05, 0.1) is 12.6 Å². The van der Waals surface area contributed by atoms with E-state index in [-0.39, 0.29) is 6.04 Å². The first kappa shape index (κ1) is 17.3. The van der Waals surface area contributed by atoms with E-state index in [1.165, 1.54) is 23.6 Å². The van der Waals surface area contributed by atoms with Crippen LogP contribution in [0.25, 0.3) is 10.8 Å². The van der Waals surface area contributed by atoms with Crippen molar-refractivity contribution in [3.63, 3.8) is 0 Å². The summed E-state index contributed by atoms with van der Waals surface area (Å²) in [7, 11) is 0. The summed E-state index contributed by atoms with van der Waals surface area (Å²) in [6.45, 7) is 3.27. The summed E-state index contributed by atoms with van der Waals surface area (Å²) >= 11 is 0. The number of benzene rings is 2. The summed E-state index contributed by atoms with van der Waals surface area (Å²) in [5.74, 6) is 0.483. The Morgan fingerprint density at radius 2 is 2.04 bits per heavy atom. The van der Waals surface area contributed by atoms with Gasteiger partial charge in [0, 0.05) is 6.54 Å². The molecule has 5 heteroatoms. The van der Waals surface area contributed by atoms with Crippen LogP contribution in [0.3, 0.4) is 0 Å². The third kappa shape index (κ3) is 4.50. The molecule has 1 heterocycles. The maximum absolute atomic E-state index is 11.8. The van der Waals surface area contributed by atoms with Crippen molar-refractivity contribution in [1.82, 2.24) is 10.6 Å². The molecule has 25 heavy (non-hydrogen) atoms. The molecule has 0 spiro atoms. The van der Waals surface area contributed by atoms with E-state index in [2.05, 4.69) is 46.8 Å². The SMILES string of the molecule is CCCCCCOC(=O)NC1=NC(c2cccc3ccccc23)CN1. The first-order valence-electron chi connectivity index (χ1n) is 9.01. The molecule has 3 rings (SSSR count). The molecule has 2 N–H and O–H groups in total. The van der Waals surface area contributed by atoms with Gasteiger partial charge in [-0.1, -0.05) is 68.7 Å². The summed E-state index contributed by atoms with van der Waals surface area (Å²) in [6.07, 6.45) is 3.89. The van der Waals surface area contributed by atoms with E-state index >= 15 is 0 Å². The number of unbranched alkanes of at least 4 members (excludes halogenated alkanes) is 3. The van der Waals surface area contributed by atoms with Crippen LogP contribution in [0.15, 0.2) is 47.5 Å². The number of hydrogen-bond acceptors (Lipinski definition) is 4. The smallest absolute Gasteiger partial charge is 0.413 e. The van der Waals surface area contributed by atoms with Crippen LogP contribution >= 0.6 is 0 Å². The molecule has 2 aromatic carbocycles. The zero-order valence-corrected chi connectivity index (χ0v) is 14.6. The van der Waals surface area contributed by atoms with Gasteiger partial charge in [-0.3, -0.25) is 5.32 Å². The van der Waals surface area contributed by atoms with Gasteiger partial charge in [-0.15, -0.1) is 0 Å². The van der Waals surface area contributed by atoms with E-state index in [4.69, 9.17) is 4.74 Å². The number of hydrogen-bond donors (Lipinski definition) is 2. The maximum atomic E-state index is 11.8. The molecule has 132 valence electrons. The fourth-order valence-electron chi connectivity index (χ4n) is 3.06. The number of alkyl carbamates (subject to hydrolysis) is 1. The van der Waals surface area contributed by atoms with Gasteiger partial charge in [0.2, 0.25) is 5.96 Å². The largest absolute Gasteiger partial charge is 0.449 e. The average Bonchev–Trinajstić information content (AvgIpc) is 3.09. The van der Waals surface area contributed by atoms with Gasteiger partial charge in [-0.05, 0) is 22.8 Å². The van der Waals surface area contributed by atoms with E-state index in [0.29, 0.717) is 19.1 Å². The van der Waals surface area contributed by atoms with Gasteiger partial charge in [0.25, 0.3) is 0 Å². The molecule has 0 aliphatic carbocycles. The molecule has 1 atom stereocenters. The van der Waals surface area contributed by atoms with E-state index in [0.717, 1.165) is 18.4 Å². The second-order valence-electron chi connectivity index (χ2n) is 6.26. The lowest BCUT2D eigenvalue weighted by molar-refractivity contribution is 0.149. The van der Waals surface area contributed by atoms with Crippen LogP contribution in [0, 0.1) is 0 Å². The van der Waals surface area contributed by atoms with Gasteiger partial charge in [0.1, 0.15) is 0 Å². The number of carbonyl (C=O) groups excluding carboxylic acids is 1. The number of rotatable bonds is 6. The number of nitrogens with one attached hydrogen (secondary N) is 2. The molecular weight excluding hydrogens is 314 g/mol. The Kier molecular flexibility index (Phi) is 5.88. The minimum absolute atomic E-state index is 0.00838. The quantitative estimate of drug-likeness (QED) is 0.777. The Hall–Kier alpha value is -2.56. The van der Waals surface area contributed by atoms with Crippen molar-refractivity contribution in [2.24, 2.45) is 4.99 Å². The fourth-order valence-corrected chi connectivity index (χ4v) is 3.06. The normalized spacial score (nSPS) is 16.4. The van der Waals surface area contributed by atoms with Crippen LogP contribution in [0.5, 0.6) is 0 Å². The minimum atomic E-state index is -0.443. The molecule has 1 amide bonds. The molecule has 0 aromatic heterocycles. The highest BCUT2D eigenvalue weighted by Crippen LogP contribution is 2.27. The Morgan fingerprint density at radius 3 is 2.92 bits per heavy atom. The van der Waals surface area contributed by atoms with Crippen molar-refractivity contribution in [3.05, 3.63) is 48.0 Å². The Morgan fingerprint density at radius 1 is 1.20 bits per heavy atom. The van der Waals surface area contributed by atoms with Crippen LogP contribution in [-0.4, -0.2) is 25.2 Å². The summed E-state index contributed by atoms with van der Waals surface area (Å²) in [4.78, 5) is 16.4. The van der Waals surface area contributed by atoms with Crippen molar-refractivity contribution < 1.29 is 9.53 Å². The van der Waals surface area contributed by atoms with Gasteiger partial charge >= 0.3 is 6.09 Å². The van der Waals surface area contributed by atoms with E-state index in [1.54, 1.807) is 0 Å². The van der Waals surface area contributed by atoms with Crippen molar-refractivity contribution in [2.45, 2.75) is 38.6 Å². The van der Waals surface area contributed by atoms with Crippen molar-refractivity contribution in [3.8, 4) is 0 Å². The number of amides is 1. The Bertz CT molecular complexity index is 752. The molecule has 0 saturated heterocycles. The number of guanidine groups is 1. The predicted molar refractivity (Wildman–Crippen MR) is 101 cm³/mol. The Balaban J connectivity index is 1.58. The van der Waals surface area contributed by atoms with E-state index < -0.39 is 6.09 Å². The lowest BCUT2D eigenvalue weighted by Gasteiger charge is -2.09. The highest BCUT2D eigenvalue weighted by atomic mass is 16.5. The van der Waals surface area contributed by atoms with Crippen LogP contribution in [0.1, 0.15) is 44.2 Å². The molecule has 0 fully saturated rings. The topological polar surface area (TPSA) is 62.7 Å². The summed E-state index contributed by atoms with van der Waals surface area (Å²) in [6, 6.07) is 14.5. The minimum Gasteiger partial charge on any atom is -0.449 e. The van der Waals surface area contributed by atoms with Crippen molar-refractivity contribution >= 4 is 22.8 Å². The van der Waals surface area contributed by atoms with Crippen molar-refractivity contribution in [2.75, 3.05) is 13.2 Å². The average molecular weight is 339 g/mol. The van der Waals surface area contributed by atoms with Gasteiger partial charge in [-0.2, -0.15) is 0 Å². The standard InChI is InChI=1S/C20H25N3O2/c1-2-3-4-7-13-25-20(24)23-19-21-14-18(22-19)17-12-8-10-15-9-5-6-11-16(15)17/h5-6,8-12,18H,2-4,7,13-14H2,1H3,(H2,21,22,23,24). The first-order valence-corrected chi connectivity index (χ1v) is 9.01. The zero-order chi connectivity index (χ0) is 17.5. The lowest BCUT2D eigenvalue weighted by atomic mass is 9.99. The molecule has 1 aliphatic heterocycles. The summed E-state index contributed by atoms with van der Waals surface area (Å²) < 4.78 is 5.19. The summed E-state index contributed by atoms with van der Waals surface area (Å²) in [5, 5.41) is 8.24. The second-order valence-corrected chi connectivity index (χ2v) is 6.26. The lowest BCUT2D eigenvalue weighted by Crippen LogP contribution is -2.38. The number of nitrogens with zero attached hydrogens (tertiary/aromatic N) is 1. The van der Waals surface area contributed by atoms with Gasteiger partial charge in [-0.25, -0.2) is 9.79 Å². The molecule has 1 unspecified atom stereocenters. The molecule has 0 radical (unpaired) electrons. The number of carbonyl (C=O) groups is 1. The fraction of sp³-hybridized carbons (Fsp3) is 0.400. The summed E-state index contributed by atoms with van der Waals surface area (Å²) in [5.41, 5.74) is 1.16. The highest BCUT2D eigenvalue weighted by molar-refractivity contribution is 5.95. The van der Waals surface area contributed by atoms with Crippen LogP contribution in [0.2, 0.25) is 0 Å². The van der Waals surface area contributed by atoms with Gasteiger partial charge in [0.15, 0.2) is 0 Å². The third-order valence-corrected chi connectivity index (χ3v) is 4.38.